The van der Waals surface area contributed by atoms with Gasteiger partial charge in [0.2, 0.25) is 0 Å². The highest BCUT2D eigenvalue weighted by Gasteiger charge is 2.13. The zero-order valence-corrected chi connectivity index (χ0v) is 18.7. The molecule has 1 aromatic heterocycles. The van der Waals surface area contributed by atoms with E-state index < -0.39 is 11.9 Å². The number of carbonyl (C=O) groups excluding carboxylic acids is 2. The molecule has 1 amide bonds. The van der Waals surface area contributed by atoms with Crippen molar-refractivity contribution in [2.45, 2.75) is 33.2 Å². The van der Waals surface area contributed by atoms with E-state index in [0.717, 1.165) is 34.6 Å². The molecule has 0 aliphatic rings. The van der Waals surface area contributed by atoms with Crippen molar-refractivity contribution in [1.29, 1.82) is 0 Å². The maximum Gasteiger partial charge on any atom is 0.325 e. The average molecular weight is 443 g/mol. The Morgan fingerprint density at radius 3 is 2.45 bits per heavy atom. The lowest BCUT2D eigenvalue weighted by molar-refractivity contribution is -0.141. The molecule has 164 valence electrons. The number of amides is 1. The second-order valence-corrected chi connectivity index (χ2v) is 7.76. The molecule has 0 aliphatic heterocycles. The van der Waals surface area contributed by atoms with Gasteiger partial charge in [-0.15, -0.1) is 0 Å². The average Bonchev–Trinajstić information content (AvgIpc) is 3.10. The van der Waals surface area contributed by atoms with Crippen LogP contribution in [0.5, 0.6) is 11.5 Å². The van der Waals surface area contributed by atoms with E-state index in [1.54, 1.807) is 28.8 Å². The monoisotopic (exact) mass is 442 g/mol. The minimum absolute atomic E-state index is 0.0409. The maximum absolute atomic E-state index is 12.8. The van der Waals surface area contributed by atoms with E-state index in [9.17, 15) is 9.59 Å². The van der Waals surface area contributed by atoms with E-state index in [0.29, 0.717) is 23.6 Å². The first-order valence-corrected chi connectivity index (χ1v) is 11.0. The SMILES string of the molecule is CCCCOc1ccc(C(=O)N=c2sc3cc(OCC)ccc3n2CC(=O)OC)cc1. The summed E-state index contributed by atoms with van der Waals surface area (Å²) in [7, 11) is 1.33. The van der Waals surface area contributed by atoms with Crippen molar-refractivity contribution >= 4 is 33.4 Å². The van der Waals surface area contributed by atoms with Crippen LogP contribution in [0.15, 0.2) is 47.5 Å². The van der Waals surface area contributed by atoms with Crippen LogP contribution in [0.2, 0.25) is 0 Å². The van der Waals surface area contributed by atoms with Crippen LogP contribution in [0.3, 0.4) is 0 Å². The molecule has 3 aromatic rings. The Hall–Kier alpha value is -3.13. The number of methoxy groups -OCH3 is 1. The quantitative estimate of drug-likeness (QED) is 0.367. The van der Waals surface area contributed by atoms with Gasteiger partial charge >= 0.3 is 5.97 Å². The highest BCUT2D eigenvalue weighted by atomic mass is 32.1. The van der Waals surface area contributed by atoms with Crippen LogP contribution in [0.25, 0.3) is 10.2 Å². The molecule has 0 fully saturated rings. The number of hydrogen-bond acceptors (Lipinski definition) is 6. The summed E-state index contributed by atoms with van der Waals surface area (Å²) in [5, 5.41) is 0. The summed E-state index contributed by atoms with van der Waals surface area (Å²) in [5.41, 5.74) is 1.23. The third-order valence-corrected chi connectivity index (χ3v) is 5.59. The van der Waals surface area contributed by atoms with Crippen molar-refractivity contribution in [3.8, 4) is 11.5 Å². The number of hydrogen-bond donors (Lipinski definition) is 0. The first-order chi connectivity index (χ1) is 15.0. The smallest absolute Gasteiger partial charge is 0.325 e. The summed E-state index contributed by atoms with van der Waals surface area (Å²) in [5.74, 6) is 0.625. The minimum Gasteiger partial charge on any atom is -0.494 e. The molecule has 0 radical (unpaired) electrons. The third kappa shape index (κ3) is 5.73. The second kappa shape index (κ2) is 10.8. The van der Waals surface area contributed by atoms with Gasteiger partial charge in [0.15, 0.2) is 4.80 Å². The number of carbonyl (C=O) groups is 2. The van der Waals surface area contributed by atoms with Gasteiger partial charge in [-0.05, 0) is 55.8 Å². The molecular weight excluding hydrogens is 416 g/mol. The summed E-state index contributed by atoms with van der Waals surface area (Å²) in [4.78, 5) is 29.4. The molecule has 0 unspecified atom stereocenters. The molecule has 8 heteroatoms. The first-order valence-electron chi connectivity index (χ1n) is 10.2. The second-order valence-electron chi connectivity index (χ2n) is 6.75. The van der Waals surface area contributed by atoms with E-state index in [4.69, 9.17) is 14.2 Å². The van der Waals surface area contributed by atoms with Crippen molar-refractivity contribution in [3.05, 3.63) is 52.8 Å². The molecule has 3 rings (SSSR count). The molecule has 0 atom stereocenters. The van der Waals surface area contributed by atoms with Gasteiger partial charge in [-0.2, -0.15) is 4.99 Å². The number of nitrogens with zero attached hydrogens (tertiary/aromatic N) is 2. The van der Waals surface area contributed by atoms with Gasteiger partial charge < -0.3 is 18.8 Å². The van der Waals surface area contributed by atoms with Gasteiger partial charge in [-0.3, -0.25) is 9.59 Å². The normalized spacial score (nSPS) is 11.5. The molecule has 0 saturated carbocycles. The summed E-state index contributed by atoms with van der Waals surface area (Å²) in [6.07, 6.45) is 2.04. The van der Waals surface area contributed by atoms with Crippen LogP contribution in [0.1, 0.15) is 37.0 Å². The summed E-state index contributed by atoms with van der Waals surface area (Å²) in [6, 6.07) is 12.5. The van der Waals surface area contributed by atoms with Gasteiger partial charge in [0.1, 0.15) is 18.0 Å². The summed E-state index contributed by atoms with van der Waals surface area (Å²) < 4.78 is 18.6. The molecule has 2 aromatic carbocycles. The topological polar surface area (TPSA) is 79.1 Å². The standard InChI is InChI=1S/C23H26N2O5S/c1-4-6-13-30-17-9-7-16(8-10-17)22(27)24-23-25(15-21(26)28-3)19-12-11-18(29-5-2)14-20(19)31-23/h7-12,14H,4-6,13,15H2,1-3H3. The van der Waals surface area contributed by atoms with Crippen LogP contribution in [0, 0.1) is 0 Å². The van der Waals surface area contributed by atoms with E-state index in [2.05, 4.69) is 11.9 Å². The minimum atomic E-state index is -0.420. The van der Waals surface area contributed by atoms with E-state index in [1.807, 2.05) is 25.1 Å². The number of aromatic nitrogens is 1. The molecule has 0 spiro atoms. The first kappa shape index (κ1) is 22.6. The van der Waals surface area contributed by atoms with Gasteiger partial charge in [-0.1, -0.05) is 24.7 Å². The Kier molecular flexibility index (Phi) is 7.83. The van der Waals surface area contributed by atoms with Crippen molar-refractivity contribution in [2.24, 2.45) is 4.99 Å². The van der Waals surface area contributed by atoms with Gasteiger partial charge in [0.05, 0.1) is 30.5 Å². The van der Waals surface area contributed by atoms with Crippen LogP contribution >= 0.6 is 11.3 Å². The van der Waals surface area contributed by atoms with E-state index >= 15 is 0 Å². The van der Waals surface area contributed by atoms with Crippen LogP contribution < -0.4 is 14.3 Å². The predicted molar refractivity (Wildman–Crippen MR) is 120 cm³/mol. The molecule has 0 N–H and O–H groups in total. The summed E-state index contributed by atoms with van der Waals surface area (Å²) in [6.45, 7) is 5.17. The lowest BCUT2D eigenvalue weighted by Crippen LogP contribution is -2.22. The molecule has 0 aliphatic carbocycles. The molecule has 0 bridgehead atoms. The fourth-order valence-electron chi connectivity index (χ4n) is 2.92. The number of ether oxygens (including phenoxy) is 3. The number of thiazole rings is 1. The fourth-order valence-corrected chi connectivity index (χ4v) is 3.98. The number of unbranched alkanes of at least 4 members (excludes halogenated alkanes) is 1. The van der Waals surface area contributed by atoms with Crippen molar-refractivity contribution in [1.82, 2.24) is 4.57 Å². The zero-order valence-electron chi connectivity index (χ0n) is 17.9. The van der Waals surface area contributed by atoms with Crippen molar-refractivity contribution in [2.75, 3.05) is 20.3 Å². The predicted octanol–water partition coefficient (Wildman–Crippen LogP) is 4.19. The van der Waals surface area contributed by atoms with Crippen LogP contribution in [0.4, 0.5) is 0 Å². The van der Waals surface area contributed by atoms with Gasteiger partial charge in [-0.25, -0.2) is 0 Å². The Bertz CT molecular complexity index is 1120. The molecule has 7 nitrogen and oxygen atoms in total. The van der Waals surface area contributed by atoms with E-state index in [-0.39, 0.29) is 6.54 Å². The molecule has 0 saturated heterocycles. The molecule has 31 heavy (non-hydrogen) atoms. The molecule has 1 heterocycles. The highest BCUT2D eigenvalue weighted by Crippen LogP contribution is 2.24. The molecular formula is C23H26N2O5S. The Balaban J connectivity index is 1.94. The Labute approximate surface area is 184 Å². The van der Waals surface area contributed by atoms with Crippen LogP contribution in [-0.4, -0.2) is 36.8 Å². The summed E-state index contributed by atoms with van der Waals surface area (Å²) >= 11 is 1.32. The Morgan fingerprint density at radius 1 is 1.03 bits per heavy atom. The highest BCUT2D eigenvalue weighted by molar-refractivity contribution is 7.16. The lowest BCUT2D eigenvalue weighted by atomic mass is 10.2. The van der Waals surface area contributed by atoms with Crippen LogP contribution in [-0.2, 0) is 16.1 Å². The zero-order chi connectivity index (χ0) is 22.2. The van der Waals surface area contributed by atoms with Crippen molar-refractivity contribution in [3.63, 3.8) is 0 Å². The number of benzene rings is 2. The maximum atomic E-state index is 12.8. The third-order valence-electron chi connectivity index (χ3n) is 4.55. The Morgan fingerprint density at radius 2 is 1.77 bits per heavy atom. The number of rotatable bonds is 9. The lowest BCUT2D eigenvalue weighted by Gasteiger charge is -2.06. The number of fused-ring (bicyclic) bond motifs is 1. The van der Waals surface area contributed by atoms with Gasteiger partial charge in [0.25, 0.3) is 5.91 Å². The number of esters is 1. The van der Waals surface area contributed by atoms with Gasteiger partial charge in [0, 0.05) is 5.56 Å². The largest absolute Gasteiger partial charge is 0.494 e. The fraction of sp³-hybridized carbons (Fsp3) is 0.348. The van der Waals surface area contributed by atoms with E-state index in [1.165, 1.54) is 18.4 Å². The van der Waals surface area contributed by atoms with Crippen molar-refractivity contribution < 1.29 is 23.8 Å².